The summed E-state index contributed by atoms with van der Waals surface area (Å²) in [6.07, 6.45) is 1.15. The van der Waals surface area contributed by atoms with Gasteiger partial charge in [0.2, 0.25) is 0 Å². The molecule has 16 heavy (non-hydrogen) atoms. The van der Waals surface area contributed by atoms with Gasteiger partial charge in [0.05, 0.1) is 12.7 Å². The third-order valence-electron chi connectivity index (χ3n) is 2.25. The second kappa shape index (κ2) is 5.48. The van der Waals surface area contributed by atoms with Crippen LogP contribution >= 0.6 is 0 Å². The summed E-state index contributed by atoms with van der Waals surface area (Å²) in [6, 6.07) is 0.0967. The van der Waals surface area contributed by atoms with Crippen molar-refractivity contribution in [1.29, 1.82) is 0 Å². The van der Waals surface area contributed by atoms with Crippen molar-refractivity contribution in [2.75, 3.05) is 13.3 Å². The van der Waals surface area contributed by atoms with Crippen LogP contribution in [0.15, 0.2) is 0 Å². The quantitative estimate of drug-likeness (QED) is 0.808. The van der Waals surface area contributed by atoms with Gasteiger partial charge in [0, 0.05) is 6.04 Å². The van der Waals surface area contributed by atoms with Gasteiger partial charge in [-0.25, -0.2) is 9.18 Å². The molecule has 0 heterocycles. The SMILES string of the molecule is CC(C)(C)OC(=O)NC1CC(OCCF)C1. The number of halogens is 1. The first-order valence-corrected chi connectivity index (χ1v) is 5.58. The Morgan fingerprint density at radius 1 is 1.44 bits per heavy atom. The summed E-state index contributed by atoms with van der Waals surface area (Å²) >= 11 is 0. The number of hydrogen-bond donors (Lipinski definition) is 1. The molecule has 0 atom stereocenters. The average molecular weight is 233 g/mol. The van der Waals surface area contributed by atoms with Gasteiger partial charge >= 0.3 is 6.09 Å². The molecule has 0 aromatic heterocycles. The van der Waals surface area contributed by atoms with E-state index in [9.17, 15) is 9.18 Å². The van der Waals surface area contributed by atoms with E-state index in [1.54, 1.807) is 0 Å². The van der Waals surface area contributed by atoms with E-state index in [4.69, 9.17) is 9.47 Å². The van der Waals surface area contributed by atoms with Gasteiger partial charge in [0.1, 0.15) is 12.3 Å². The molecule has 0 radical (unpaired) electrons. The fourth-order valence-corrected chi connectivity index (χ4v) is 1.51. The number of ether oxygens (including phenoxy) is 2. The van der Waals surface area contributed by atoms with Crippen LogP contribution in [0.3, 0.4) is 0 Å². The number of carbonyl (C=O) groups is 1. The molecule has 0 spiro atoms. The van der Waals surface area contributed by atoms with Gasteiger partial charge in [-0.15, -0.1) is 0 Å². The number of alkyl carbamates (subject to hydrolysis) is 1. The minimum absolute atomic E-state index is 0.0793. The van der Waals surface area contributed by atoms with Crippen molar-refractivity contribution in [3.05, 3.63) is 0 Å². The largest absolute Gasteiger partial charge is 0.444 e. The van der Waals surface area contributed by atoms with Gasteiger partial charge in [-0.1, -0.05) is 0 Å². The van der Waals surface area contributed by atoms with Crippen molar-refractivity contribution in [2.45, 2.75) is 51.4 Å². The highest BCUT2D eigenvalue weighted by Gasteiger charge is 2.32. The molecule has 94 valence electrons. The Balaban J connectivity index is 2.10. The molecule has 5 heteroatoms. The summed E-state index contributed by atoms with van der Waals surface area (Å²) < 4.78 is 22.1. The number of hydrogen-bond acceptors (Lipinski definition) is 3. The smallest absolute Gasteiger partial charge is 0.407 e. The third-order valence-corrected chi connectivity index (χ3v) is 2.25. The van der Waals surface area contributed by atoms with E-state index in [1.165, 1.54) is 0 Å². The first-order valence-electron chi connectivity index (χ1n) is 5.58. The maximum atomic E-state index is 11.8. The van der Waals surface area contributed by atoms with E-state index in [2.05, 4.69) is 5.32 Å². The number of carbonyl (C=O) groups excluding carboxylic acids is 1. The summed E-state index contributed by atoms with van der Waals surface area (Å²) in [6.45, 7) is 5.14. The van der Waals surface area contributed by atoms with Crippen LogP contribution in [0.4, 0.5) is 9.18 Å². The van der Waals surface area contributed by atoms with Gasteiger partial charge in [0.25, 0.3) is 0 Å². The number of nitrogens with one attached hydrogen (secondary N) is 1. The lowest BCUT2D eigenvalue weighted by atomic mass is 9.89. The minimum Gasteiger partial charge on any atom is -0.444 e. The molecular weight excluding hydrogens is 213 g/mol. The number of amides is 1. The summed E-state index contributed by atoms with van der Waals surface area (Å²) in [5, 5.41) is 2.74. The molecule has 0 bridgehead atoms. The third kappa shape index (κ3) is 4.79. The Kier molecular flexibility index (Phi) is 4.53. The lowest BCUT2D eigenvalue weighted by molar-refractivity contribution is -0.0241. The first kappa shape index (κ1) is 13.2. The topological polar surface area (TPSA) is 47.6 Å². The van der Waals surface area contributed by atoms with Crippen molar-refractivity contribution in [1.82, 2.24) is 5.32 Å². The highest BCUT2D eigenvalue weighted by atomic mass is 19.1. The second-order valence-corrected chi connectivity index (χ2v) is 5.00. The molecular formula is C11H20FNO3. The van der Waals surface area contributed by atoms with Crippen LogP contribution in [0.25, 0.3) is 0 Å². The number of alkyl halides is 1. The van der Waals surface area contributed by atoms with E-state index >= 15 is 0 Å². The summed E-state index contributed by atoms with van der Waals surface area (Å²) in [7, 11) is 0. The van der Waals surface area contributed by atoms with Crippen LogP contribution in [-0.2, 0) is 9.47 Å². The molecule has 1 aliphatic carbocycles. The zero-order valence-electron chi connectivity index (χ0n) is 10.1. The monoisotopic (exact) mass is 233 g/mol. The normalized spacial score (nSPS) is 24.8. The molecule has 4 nitrogen and oxygen atoms in total. The molecule has 0 aromatic rings. The Hall–Kier alpha value is -0.840. The van der Waals surface area contributed by atoms with Crippen molar-refractivity contribution >= 4 is 6.09 Å². The van der Waals surface area contributed by atoms with E-state index < -0.39 is 18.4 Å². The van der Waals surface area contributed by atoms with Gasteiger partial charge < -0.3 is 14.8 Å². The van der Waals surface area contributed by atoms with Crippen molar-refractivity contribution in [2.24, 2.45) is 0 Å². The van der Waals surface area contributed by atoms with Gasteiger partial charge in [0.15, 0.2) is 0 Å². The first-order chi connectivity index (χ1) is 7.40. The molecule has 1 saturated carbocycles. The Morgan fingerprint density at radius 3 is 2.56 bits per heavy atom. The Bertz CT molecular complexity index is 234. The molecule has 0 saturated heterocycles. The molecule has 0 unspecified atom stereocenters. The zero-order valence-corrected chi connectivity index (χ0v) is 10.1. The molecule has 1 rings (SSSR count). The Morgan fingerprint density at radius 2 is 2.06 bits per heavy atom. The summed E-state index contributed by atoms with van der Waals surface area (Å²) in [5.74, 6) is 0. The minimum atomic E-state index is -0.474. The van der Waals surface area contributed by atoms with E-state index in [-0.39, 0.29) is 18.8 Å². The van der Waals surface area contributed by atoms with Crippen molar-refractivity contribution < 1.29 is 18.7 Å². The fourth-order valence-electron chi connectivity index (χ4n) is 1.51. The summed E-state index contributed by atoms with van der Waals surface area (Å²) in [4.78, 5) is 11.3. The number of rotatable bonds is 4. The summed E-state index contributed by atoms with van der Waals surface area (Å²) in [5.41, 5.74) is -0.474. The molecule has 1 aliphatic rings. The predicted molar refractivity (Wildman–Crippen MR) is 58.1 cm³/mol. The highest BCUT2D eigenvalue weighted by Crippen LogP contribution is 2.23. The molecule has 1 fully saturated rings. The standard InChI is InChI=1S/C11H20FNO3/c1-11(2,3)16-10(14)13-8-6-9(7-8)15-5-4-12/h8-9H,4-7H2,1-3H3,(H,13,14). The van der Waals surface area contributed by atoms with Crippen molar-refractivity contribution in [3.8, 4) is 0 Å². The molecule has 0 aliphatic heterocycles. The maximum absolute atomic E-state index is 11.8. The van der Waals surface area contributed by atoms with E-state index in [0.29, 0.717) is 0 Å². The van der Waals surface area contributed by atoms with E-state index in [0.717, 1.165) is 12.8 Å². The van der Waals surface area contributed by atoms with E-state index in [1.807, 2.05) is 20.8 Å². The Labute approximate surface area is 95.5 Å². The van der Waals surface area contributed by atoms with Gasteiger partial charge in [-0.3, -0.25) is 0 Å². The molecule has 1 amide bonds. The second-order valence-electron chi connectivity index (χ2n) is 5.00. The van der Waals surface area contributed by atoms with Crippen LogP contribution < -0.4 is 5.32 Å². The van der Waals surface area contributed by atoms with Gasteiger partial charge in [-0.05, 0) is 33.6 Å². The lowest BCUT2D eigenvalue weighted by Gasteiger charge is -2.35. The fraction of sp³-hybridized carbons (Fsp3) is 0.909. The lowest BCUT2D eigenvalue weighted by Crippen LogP contribution is -2.49. The molecule has 1 N–H and O–H groups in total. The van der Waals surface area contributed by atoms with Crippen LogP contribution in [0.2, 0.25) is 0 Å². The zero-order chi connectivity index (χ0) is 12.2. The van der Waals surface area contributed by atoms with Crippen molar-refractivity contribution in [3.63, 3.8) is 0 Å². The average Bonchev–Trinajstić information content (AvgIpc) is 2.05. The predicted octanol–water partition coefficient (Wildman–Crippen LogP) is 2.03. The molecule has 0 aromatic carbocycles. The maximum Gasteiger partial charge on any atom is 0.407 e. The van der Waals surface area contributed by atoms with Crippen LogP contribution in [0, 0.1) is 0 Å². The van der Waals surface area contributed by atoms with Gasteiger partial charge in [-0.2, -0.15) is 0 Å². The highest BCUT2D eigenvalue weighted by molar-refractivity contribution is 5.68. The van der Waals surface area contributed by atoms with Crippen LogP contribution in [0.5, 0.6) is 0 Å². The van der Waals surface area contributed by atoms with Crippen LogP contribution in [0.1, 0.15) is 33.6 Å². The van der Waals surface area contributed by atoms with Crippen LogP contribution in [-0.4, -0.2) is 37.1 Å².